The van der Waals surface area contributed by atoms with E-state index in [0.29, 0.717) is 11.3 Å². The number of carbonyl (C=O) groups excluding carboxylic acids is 2. The van der Waals surface area contributed by atoms with Crippen LogP contribution in [0.4, 0.5) is 5.69 Å². The largest absolute Gasteiger partial charge is 0.341 e. The molecule has 152 valence electrons. The zero-order chi connectivity index (χ0) is 22.0. The quantitative estimate of drug-likeness (QED) is 0.267. The van der Waals surface area contributed by atoms with Crippen LogP contribution in [0.1, 0.15) is 29.8 Å². The lowest BCUT2D eigenvalue weighted by atomic mass is 10.1. The van der Waals surface area contributed by atoms with Crippen LogP contribution in [0.5, 0.6) is 0 Å². The van der Waals surface area contributed by atoms with Crippen molar-refractivity contribution in [2.75, 3.05) is 5.32 Å². The number of anilines is 1. The summed E-state index contributed by atoms with van der Waals surface area (Å²) in [5.41, 5.74) is 4.01. The van der Waals surface area contributed by atoms with Gasteiger partial charge in [-0.2, -0.15) is 5.26 Å². The van der Waals surface area contributed by atoms with Gasteiger partial charge in [-0.3, -0.25) is 9.59 Å². The molecule has 0 saturated carbocycles. The number of aryl methyl sites for hydroxylation is 1. The Bertz CT molecular complexity index is 1400. The number of rotatable bonds is 5. The van der Waals surface area contributed by atoms with Crippen molar-refractivity contribution in [1.82, 2.24) is 4.57 Å². The Morgan fingerprint density at radius 2 is 1.77 bits per heavy atom. The second kappa shape index (κ2) is 8.29. The van der Waals surface area contributed by atoms with E-state index in [1.807, 2.05) is 36.4 Å². The third-order valence-electron chi connectivity index (χ3n) is 5.32. The Morgan fingerprint density at radius 3 is 2.52 bits per heavy atom. The minimum atomic E-state index is -0.515. The van der Waals surface area contributed by atoms with Crippen molar-refractivity contribution in [3.63, 3.8) is 0 Å². The number of hydrogen-bond donors (Lipinski definition) is 1. The number of carbonyl (C=O) groups is 2. The molecule has 31 heavy (non-hydrogen) atoms. The van der Waals surface area contributed by atoms with E-state index in [-0.39, 0.29) is 11.4 Å². The first-order valence-electron chi connectivity index (χ1n) is 10.1. The van der Waals surface area contributed by atoms with Gasteiger partial charge in [-0.05, 0) is 55.8 Å². The first-order valence-corrected chi connectivity index (χ1v) is 10.1. The topological polar surface area (TPSA) is 74.9 Å². The summed E-state index contributed by atoms with van der Waals surface area (Å²) in [6, 6.07) is 22.8. The van der Waals surface area contributed by atoms with E-state index in [0.717, 1.165) is 33.9 Å². The lowest BCUT2D eigenvalue weighted by Gasteiger charge is -2.06. The van der Waals surface area contributed by atoms with Crippen molar-refractivity contribution in [1.29, 1.82) is 5.26 Å². The SMILES string of the molecule is CCn1c2ccccc2c2cc(C=C(C#N)C(=O)Nc3cccc(C(C)=O)c3)ccc21. The van der Waals surface area contributed by atoms with Crippen LogP contribution in [0.2, 0.25) is 0 Å². The van der Waals surface area contributed by atoms with E-state index in [4.69, 9.17) is 0 Å². The molecule has 3 aromatic carbocycles. The number of Topliss-reactive ketones (excluding diaryl/α,β-unsaturated/α-hetero) is 1. The van der Waals surface area contributed by atoms with Crippen LogP contribution in [-0.2, 0) is 11.3 Å². The van der Waals surface area contributed by atoms with Crippen molar-refractivity contribution in [3.05, 3.63) is 83.4 Å². The molecule has 4 rings (SSSR count). The molecule has 5 heteroatoms. The van der Waals surface area contributed by atoms with E-state index in [9.17, 15) is 14.9 Å². The molecule has 0 aliphatic rings. The van der Waals surface area contributed by atoms with Gasteiger partial charge in [0.1, 0.15) is 11.6 Å². The summed E-state index contributed by atoms with van der Waals surface area (Å²) in [6.07, 6.45) is 1.58. The van der Waals surface area contributed by atoms with Gasteiger partial charge in [-0.15, -0.1) is 0 Å². The smallest absolute Gasteiger partial charge is 0.266 e. The Kier molecular flexibility index (Phi) is 5.38. The van der Waals surface area contributed by atoms with Crippen LogP contribution in [0, 0.1) is 11.3 Å². The van der Waals surface area contributed by atoms with Crippen LogP contribution in [0.3, 0.4) is 0 Å². The molecule has 1 aromatic heterocycles. The van der Waals surface area contributed by atoms with Crippen LogP contribution in [0.15, 0.2) is 72.3 Å². The maximum absolute atomic E-state index is 12.7. The molecule has 0 unspecified atom stereocenters. The van der Waals surface area contributed by atoms with Crippen molar-refractivity contribution in [2.45, 2.75) is 20.4 Å². The number of nitriles is 1. The van der Waals surface area contributed by atoms with Gasteiger partial charge >= 0.3 is 0 Å². The highest BCUT2D eigenvalue weighted by molar-refractivity contribution is 6.11. The summed E-state index contributed by atoms with van der Waals surface area (Å²) in [5, 5.41) is 14.5. The predicted octanol–water partition coefficient (Wildman–Crippen LogP) is 5.56. The predicted molar refractivity (Wildman–Crippen MR) is 124 cm³/mol. The maximum Gasteiger partial charge on any atom is 0.266 e. The fourth-order valence-electron chi connectivity index (χ4n) is 3.83. The van der Waals surface area contributed by atoms with Crippen molar-refractivity contribution < 1.29 is 9.59 Å². The zero-order valence-electron chi connectivity index (χ0n) is 17.3. The normalized spacial score (nSPS) is 11.5. The molecule has 0 aliphatic carbocycles. The monoisotopic (exact) mass is 407 g/mol. The Hall–Kier alpha value is -4.17. The van der Waals surface area contributed by atoms with Gasteiger partial charge in [-0.1, -0.05) is 36.4 Å². The third kappa shape index (κ3) is 3.84. The van der Waals surface area contributed by atoms with Crippen LogP contribution < -0.4 is 5.32 Å². The second-order valence-electron chi connectivity index (χ2n) is 7.30. The van der Waals surface area contributed by atoms with E-state index >= 15 is 0 Å². The van der Waals surface area contributed by atoms with Crippen LogP contribution in [-0.4, -0.2) is 16.3 Å². The fraction of sp³-hybridized carbons (Fsp3) is 0.115. The number of nitrogens with zero attached hydrogens (tertiary/aromatic N) is 2. The van der Waals surface area contributed by atoms with Gasteiger partial charge in [0.05, 0.1) is 0 Å². The number of aromatic nitrogens is 1. The standard InChI is InChI=1S/C26H21N3O2/c1-3-29-24-10-5-4-9-22(24)23-14-18(11-12-25(23)29)13-20(16-27)26(31)28-21-8-6-7-19(15-21)17(2)30/h4-15H,3H2,1-2H3,(H,28,31). The fourth-order valence-corrected chi connectivity index (χ4v) is 3.83. The lowest BCUT2D eigenvalue weighted by Crippen LogP contribution is -2.13. The minimum absolute atomic E-state index is 0.00759. The Balaban J connectivity index is 1.70. The zero-order valence-corrected chi connectivity index (χ0v) is 17.3. The number of benzene rings is 3. The van der Waals surface area contributed by atoms with Gasteiger partial charge in [0.2, 0.25) is 0 Å². The summed E-state index contributed by atoms with van der Waals surface area (Å²) >= 11 is 0. The molecule has 0 fully saturated rings. The Morgan fingerprint density at radius 1 is 1.00 bits per heavy atom. The highest BCUT2D eigenvalue weighted by Crippen LogP contribution is 2.30. The summed E-state index contributed by atoms with van der Waals surface area (Å²) in [7, 11) is 0. The summed E-state index contributed by atoms with van der Waals surface area (Å²) in [6.45, 7) is 4.43. The number of nitrogens with one attached hydrogen (secondary N) is 1. The van der Waals surface area contributed by atoms with Gasteiger partial charge in [0.25, 0.3) is 5.91 Å². The average Bonchev–Trinajstić information content (AvgIpc) is 3.10. The summed E-state index contributed by atoms with van der Waals surface area (Å²) in [5.74, 6) is -0.606. The molecule has 0 saturated heterocycles. The number of amides is 1. The molecule has 0 spiro atoms. The highest BCUT2D eigenvalue weighted by Gasteiger charge is 2.13. The minimum Gasteiger partial charge on any atom is -0.341 e. The molecule has 1 amide bonds. The van der Waals surface area contributed by atoms with E-state index in [1.165, 1.54) is 6.92 Å². The molecule has 0 bridgehead atoms. The third-order valence-corrected chi connectivity index (χ3v) is 5.32. The van der Waals surface area contributed by atoms with Crippen LogP contribution >= 0.6 is 0 Å². The molecule has 0 aliphatic heterocycles. The van der Waals surface area contributed by atoms with E-state index < -0.39 is 5.91 Å². The number of ketones is 1. The van der Waals surface area contributed by atoms with Crippen molar-refractivity contribution in [3.8, 4) is 6.07 Å². The molecule has 5 nitrogen and oxygen atoms in total. The first kappa shape index (κ1) is 20.1. The van der Waals surface area contributed by atoms with E-state index in [1.54, 1.807) is 30.3 Å². The van der Waals surface area contributed by atoms with Gasteiger partial charge < -0.3 is 9.88 Å². The molecule has 1 heterocycles. The van der Waals surface area contributed by atoms with Crippen molar-refractivity contribution >= 4 is 45.3 Å². The van der Waals surface area contributed by atoms with Gasteiger partial charge in [0.15, 0.2) is 5.78 Å². The lowest BCUT2D eigenvalue weighted by molar-refractivity contribution is -0.112. The molecule has 0 radical (unpaired) electrons. The van der Waals surface area contributed by atoms with Gasteiger partial charge in [0, 0.05) is 39.6 Å². The van der Waals surface area contributed by atoms with E-state index in [2.05, 4.69) is 28.9 Å². The molecule has 0 atom stereocenters. The number of fused-ring (bicyclic) bond motifs is 3. The van der Waals surface area contributed by atoms with Gasteiger partial charge in [-0.25, -0.2) is 0 Å². The molecule has 1 N–H and O–H groups in total. The Labute approximate surface area is 180 Å². The number of hydrogen-bond acceptors (Lipinski definition) is 3. The number of para-hydroxylation sites is 1. The van der Waals surface area contributed by atoms with Crippen LogP contribution in [0.25, 0.3) is 27.9 Å². The molecule has 4 aromatic rings. The highest BCUT2D eigenvalue weighted by atomic mass is 16.1. The first-order chi connectivity index (χ1) is 15.0. The summed E-state index contributed by atoms with van der Waals surface area (Å²) < 4.78 is 2.25. The average molecular weight is 407 g/mol. The van der Waals surface area contributed by atoms with Crippen molar-refractivity contribution in [2.24, 2.45) is 0 Å². The summed E-state index contributed by atoms with van der Waals surface area (Å²) in [4.78, 5) is 24.2. The molecular formula is C26H21N3O2. The maximum atomic E-state index is 12.7. The molecular weight excluding hydrogens is 386 g/mol. The second-order valence-corrected chi connectivity index (χ2v) is 7.30.